The van der Waals surface area contributed by atoms with Gasteiger partial charge >= 0.3 is 6.09 Å². The lowest BCUT2D eigenvalue weighted by Gasteiger charge is -2.33. The van der Waals surface area contributed by atoms with E-state index >= 15 is 0 Å². The molecule has 0 aromatic rings. The smallest absolute Gasteiger partial charge is 0.407 e. The number of likely N-dealkylation sites (tertiary alicyclic amines) is 1. The fraction of sp³-hybridized carbons (Fsp3) is 0.867. The maximum absolute atomic E-state index is 11.9. The van der Waals surface area contributed by atoms with Gasteiger partial charge in [-0.1, -0.05) is 13.3 Å². The first-order valence-electron chi connectivity index (χ1n) is 7.59. The molecule has 20 heavy (non-hydrogen) atoms. The van der Waals surface area contributed by atoms with Crippen molar-refractivity contribution in [1.29, 1.82) is 0 Å². The predicted octanol–water partition coefficient (Wildman–Crippen LogP) is 2.69. The Morgan fingerprint density at radius 2 is 1.85 bits per heavy atom. The molecule has 1 saturated heterocycles. The first kappa shape index (κ1) is 16.8. The number of carbonyl (C=O) groups excluding carboxylic acids is 2. The number of ether oxygens (including phenoxy) is 1. The molecule has 0 aliphatic carbocycles. The van der Waals surface area contributed by atoms with Gasteiger partial charge in [0, 0.05) is 25.6 Å². The van der Waals surface area contributed by atoms with Gasteiger partial charge < -0.3 is 15.0 Å². The first-order chi connectivity index (χ1) is 9.31. The van der Waals surface area contributed by atoms with E-state index in [9.17, 15) is 9.59 Å². The van der Waals surface area contributed by atoms with Gasteiger partial charge in [-0.2, -0.15) is 0 Å². The lowest BCUT2D eigenvalue weighted by atomic mass is 10.0. The quantitative estimate of drug-likeness (QED) is 0.863. The number of hydrogen-bond donors (Lipinski definition) is 1. The number of carbonyl (C=O) groups is 2. The number of alkyl carbamates (subject to hydrolysis) is 1. The van der Waals surface area contributed by atoms with Crippen molar-refractivity contribution in [2.24, 2.45) is 0 Å². The van der Waals surface area contributed by atoms with Crippen LogP contribution in [-0.2, 0) is 9.53 Å². The van der Waals surface area contributed by atoms with Crippen molar-refractivity contribution in [3.05, 3.63) is 0 Å². The second kappa shape index (κ2) is 7.50. The van der Waals surface area contributed by atoms with E-state index in [2.05, 4.69) is 12.2 Å². The molecule has 1 fully saturated rings. The Balaban J connectivity index is 2.28. The van der Waals surface area contributed by atoms with Gasteiger partial charge in [-0.15, -0.1) is 0 Å². The van der Waals surface area contributed by atoms with Crippen molar-refractivity contribution in [3.63, 3.8) is 0 Å². The Labute approximate surface area is 122 Å². The van der Waals surface area contributed by atoms with Gasteiger partial charge in [-0.3, -0.25) is 4.79 Å². The summed E-state index contributed by atoms with van der Waals surface area (Å²) >= 11 is 0. The summed E-state index contributed by atoms with van der Waals surface area (Å²) in [5.74, 6) is 0.238. The monoisotopic (exact) mass is 284 g/mol. The molecule has 5 heteroatoms. The zero-order chi connectivity index (χ0) is 15.2. The first-order valence-corrected chi connectivity index (χ1v) is 7.59. The van der Waals surface area contributed by atoms with Crippen LogP contribution in [-0.4, -0.2) is 41.6 Å². The summed E-state index contributed by atoms with van der Waals surface area (Å²) in [6.45, 7) is 9.08. The largest absolute Gasteiger partial charge is 0.444 e. The third-order valence-corrected chi connectivity index (χ3v) is 3.31. The molecule has 5 nitrogen and oxygen atoms in total. The third-order valence-electron chi connectivity index (χ3n) is 3.31. The average Bonchev–Trinajstić information content (AvgIpc) is 2.34. The molecule has 0 bridgehead atoms. The van der Waals surface area contributed by atoms with Gasteiger partial charge in [-0.25, -0.2) is 4.79 Å². The Bertz CT molecular complexity index is 329. The number of amides is 2. The van der Waals surface area contributed by atoms with Crippen molar-refractivity contribution >= 4 is 12.0 Å². The average molecular weight is 284 g/mol. The van der Waals surface area contributed by atoms with E-state index in [4.69, 9.17) is 4.74 Å². The Hall–Kier alpha value is -1.26. The highest BCUT2D eigenvalue weighted by Gasteiger charge is 2.25. The number of hydrogen-bond acceptors (Lipinski definition) is 3. The highest BCUT2D eigenvalue weighted by atomic mass is 16.6. The minimum absolute atomic E-state index is 0.111. The van der Waals surface area contributed by atoms with Crippen molar-refractivity contribution in [2.45, 2.75) is 71.4 Å². The topological polar surface area (TPSA) is 58.6 Å². The number of rotatable bonds is 4. The predicted molar refractivity (Wildman–Crippen MR) is 78.5 cm³/mol. The van der Waals surface area contributed by atoms with E-state index in [1.807, 2.05) is 25.7 Å². The van der Waals surface area contributed by atoms with Crippen molar-refractivity contribution in [1.82, 2.24) is 10.2 Å². The van der Waals surface area contributed by atoms with E-state index in [0.29, 0.717) is 6.42 Å². The van der Waals surface area contributed by atoms with Gasteiger partial charge in [0.1, 0.15) is 5.60 Å². The molecule has 1 heterocycles. The van der Waals surface area contributed by atoms with Crippen LogP contribution in [0.5, 0.6) is 0 Å². The maximum Gasteiger partial charge on any atom is 0.407 e. The van der Waals surface area contributed by atoms with Gasteiger partial charge in [0.15, 0.2) is 0 Å². The second-order valence-corrected chi connectivity index (χ2v) is 6.40. The summed E-state index contributed by atoms with van der Waals surface area (Å²) in [7, 11) is 0. The molecule has 0 aromatic heterocycles. The highest BCUT2D eigenvalue weighted by Crippen LogP contribution is 2.14. The van der Waals surface area contributed by atoms with Crippen LogP contribution < -0.4 is 5.32 Å². The molecule has 1 aliphatic rings. The molecule has 116 valence electrons. The minimum Gasteiger partial charge on any atom is -0.444 e. The molecule has 0 aromatic carbocycles. The number of nitrogens with one attached hydrogen (secondary N) is 1. The Morgan fingerprint density at radius 3 is 2.35 bits per heavy atom. The Morgan fingerprint density at radius 1 is 1.25 bits per heavy atom. The van der Waals surface area contributed by atoms with Crippen LogP contribution >= 0.6 is 0 Å². The minimum atomic E-state index is -0.471. The highest BCUT2D eigenvalue weighted by molar-refractivity contribution is 5.76. The van der Waals surface area contributed by atoms with E-state index in [-0.39, 0.29) is 18.0 Å². The summed E-state index contributed by atoms with van der Waals surface area (Å²) < 4.78 is 5.24. The fourth-order valence-electron chi connectivity index (χ4n) is 2.23. The van der Waals surface area contributed by atoms with Crippen molar-refractivity contribution < 1.29 is 14.3 Å². The van der Waals surface area contributed by atoms with Gasteiger partial charge in [-0.05, 0) is 40.0 Å². The molecular formula is C15H28N2O3. The van der Waals surface area contributed by atoms with Crippen molar-refractivity contribution in [2.75, 3.05) is 13.1 Å². The van der Waals surface area contributed by atoms with Crippen molar-refractivity contribution in [3.8, 4) is 0 Å². The number of piperidine rings is 1. The molecular weight excluding hydrogens is 256 g/mol. The molecule has 0 atom stereocenters. The maximum atomic E-state index is 11.9. The van der Waals surface area contributed by atoms with Crippen LogP contribution in [0.15, 0.2) is 0 Å². The molecule has 0 radical (unpaired) electrons. The van der Waals surface area contributed by atoms with Gasteiger partial charge in [0.2, 0.25) is 5.91 Å². The summed E-state index contributed by atoms with van der Waals surface area (Å²) in [6.07, 6.45) is 3.87. The van der Waals surface area contributed by atoms with Crippen LogP contribution in [0.3, 0.4) is 0 Å². The Kier molecular flexibility index (Phi) is 6.30. The fourth-order valence-corrected chi connectivity index (χ4v) is 2.23. The van der Waals surface area contributed by atoms with Crippen LogP contribution in [0.2, 0.25) is 0 Å². The van der Waals surface area contributed by atoms with E-state index in [0.717, 1.165) is 38.8 Å². The number of nitrogens with zero attached hydrogens (tertiary/aromatic N) is 1. The molecule has 1 N–H and O–H groups in total. The summed E-state index contributed by atoms with van der Waals surface area (Å²) in [5.41, 5.74) is -0.471. The van der Waals surface area contributed by atoms with Gasteiger partial charge in [0.25, 0.3) is 0 Å². The van der Waals surface area contributed by atoms with Crippen LogP contribution in [0.25, 0.3) is 0 Å². The summed E-state index contributed by atoms with van der Waals surface area (Å²) in [6, 6.07) is 0.111. The lowest BCUT2D eigenvalue weighted by molar-refractivity contribution is -0.132. The zero-order valence-electron chi connectivity index (χ0n) is 13.2. The van der Waals surface area contributed by atoms with E-state index in [1.54, 1.807) is 0 Å². The van der Waals surface area contributed by atoms with Crippen LogP contribution in [0.4, 0.5) is 4.79 Å². The van der Waals surface area contributed by atoms with E-state index in [1.165, 1.54) is 0 Å². The van der Waals surface area contributed by atoms with Crippen LogP contribution in [0.1, 0.15) is 59.8 Å². The molecule has 0 saturated carbocycles. The molecule has 1 rings (SSSR count). The molecule has 0 spiro atoms. The molecule has 0 unspecified atom stereocenters. The normalized spacial score (nSPS) is 16.9. The number of unbranched alkanes of at least 4 members (excludes halogenated alkanes) is 1. The molecule has 1 aliphatic heterocycles. The lowest BCUT2D eigenvalue weighted by Crippen LogP contribution is -2.47. The summed E-state index contributed by atoms with van der Waals surface area (Å²) in [5, 5.41) is 2.88. The third kappa shape index (κ3) is 6.26. The summed E-state index contributed by atoms with van der Waals surface area (Å²) in [4.78, 5) is 25.5. The van der Waals surface area contributed by atoms with Crippen LogP contribution in [0, 0.1) is 0 Å². The molecule has 2 amide bonds. The SMILES string of the molecule is CCCCC(=O)N1CCC(NC(=O)OC(C)(C)C)CC1. The van der Waals surface area contributed by atoms with E-state index < -0.39 is 5.60 Å². The standard InChI is InChI=1S/C15H28N2O3/c1-5-6-7-13(18)17-10-8-12(9-11-17)16-14(19)20-15(2,3)4/h12H,5-11H2,1-4H3,(H,16,19). The van der Waals surface area contributed by atoms with Gasteiger partial charge in [0.05, 0.1) is 0 Å². The second-order valence-electron chi connectivity index (χ2n) is 6.40. The zero-order valence-corrected chi connectivity index (χ0v) is 13.2.